The smallest absolute Gasteiger partial charge is 0.310 e. The molecule has 1 N–H and O–H groups in total. The number of ether oxygens (including phenoxy) is 1. The molecule has 0 aliphatic rings. The molecule has 3 atom stereocenters. The molecule has 0 bridgehead atoms. The number of carboxylic acids is 1. The van der Waals surface area contributed by atoms with Crippen molar-refractivity contribution in [3.63, 3.8) is 0 Å². The van der Waals surface area contributed by atoms with Gasteiger partial charge in [-0.3, -0.25) is 4.79 Å². The highest BCUT2D eigenvalue weighted by molar-refractivity contribution is 7.16. The quantitative estimate of drug-likeness (QED) is 0.424. The zero-order valence-corrected chi connectivity index (χ0v) is 9.04. The Labute approximate surface area is 84.8 Å². The lowest BCUT2D eigenvalue weighted by Crippen LogP contribution is -2.09. The number of hydrogen-bond acceptors (Lipinski definition) is 2. The lowest BCUT2D eigenvalue weighted by Gasteiger charge is -2.03. The van der Waals surface area contributed by atoms with Crippen molar-refractivity contribution in [2.45, 2.75) is 19.4 Å². The van der Waals surface area contributed by atoms with E-state index < -0.39 is 18.0 Å². The van der Waals surface area contributed by atoms with E-state index in [0.717, 1.165) is 6.26 Å². The van der Waals surface area contributed by atoms with Gasteiger partial charge in [0.1, 0.15) is 0 Å². The summed E-state index contributed by atoms with van der Waals surface area (Å²) in [6.07, 6.45) is 4.72. The molecule has 0 fully saturated rings. The third kappa shape index (κ3) is 6.61. The largest absolute Gasteiger partial charge is 0.481 e. The van der Waals surface area contributed by atoms with Crippen LogP contribution in [-0.2, 0) is 9.53 Å². The first-order chi connectivity index (χ1) is 6.57. The third-order valence-corrected chi connectivity index (χ3v) is 1.59. The summed E-state index contributed by atoms with van der Waals surface area (Å²) in [4.78, 5) is 10.6. The molecular formula is C9H14FO3P. The Hall–Kier alpha value is -0.890. The zero-order valence-electron chi connectivity index (χ0n) is 7.89. The van der Waals surface area contributed by atoms with Gasteiger partial charge in [-0.1, -0.05) is 21.4 Å². The van der Waals surface area contributed by atoms with Gasteiger partial charge in [0.05, 0.1) is 12.2 Å². The van der Waals surface area contributed by atoms with Gasteiger partial charge in [-0.25, -0.2) is 0 Å². The van der Waals surface area contributed by atoms with Crippen LogP contribution in [0.15, 0.2) is 24.5 Å². The summed E-state index contributed by atoms with van der Waals surface area (Å²) < 4.78 is 16.5. The van der Waals surface area contributed by atoms with E-state index in [2.05, 4.69) is 4.74 Å². The van der Waals surface area contributed by atoms with Crippen LogP contribution in [-0.4, -0.2) is 17.2 Å². The van der Waals surface area contributed by atoms with Gasteiger partial charge in [-0.15, -0.1) is 0 Å². The molecule has 0 saturated carbocycles. The van der Waals surface area contributed by atoms with Gasteiger partial charge >= 0.3 is 5.97 Å². The first kappa shape index (κ1) is 13.1. The maximum Gasteiger partial charge on any atom is 0.310 e. The fourth-order valence-electron chi connectivity index (χ4n) is 0.827. The molecular weight excluding hydrogens is 206 g/mol. The number of carbonyl (C=O) groups is 1. The minimum atomic E-state index is -1.45. The van der Waals surface area contributed by atoms with E-state index in [1.165, 1.54) is 6.08 Å². The molecule has 0 aromatic rings. The molecule has 80 valence electrons. The van der Waals surface area contributed by atoms with Crippen LogP contribution >= 0.6 is 9.24 Å². The Morgan fingerprint density at radius 3 is 2.79 bits per heavy atom. The van der Waals surface area contributed by atoms with E-state index >= 15 is 0 Å². The van der Waals surface area contributed by atoms with Crippen LogP contribution in [0.25, 0.3) is 0 Å². The Kier molecular flexibility index (Phi) is 7.03. The highest BCUT2D eigenvalue weighted by Crippen LogP contribution is 2.08. The number of alkyl halides is 1. The molecule has 0 radical (unpaired) electrons. The molecule has 0 aliphatic heterocycles. The van der Waals surface area contributed by atoms with Crippen LogP contribution < -0.4 is 0 Å². The minimum Gasteiger partial charge on any atom is -0.481 e. The first-order valence-corrected chi connectivity index (χ1v) is 4.80. The highest BCUT2D eigenvalue weighted by atomic mass is 31.0. The van der Waals surface area contributed by atoms with Crippen LogP contribution in [0, 0.1) is 5.92 Å². The van der Waals surface area contributed by atoms with E-state index in [4.69, 9.17) is 5.11 Å². The summed E-state index contributed by atoms with van der Waals surface area (Å²) in [5, 5.41) is 8.71. The molecule has 14 heavy (non-hydrogen) atoms. The lowest BCUT2D eigenvalue weighted by molar-refractivity contribution is -0.139. The van der Waals surface area contributed by atoms with Crippen molar-refractivity contribution < 1.29 is 19.0 Å². The Morgan fingerprint density at radius 1 is 1.71 bits per heavy atom. The van der Waals surface area contributed by atoms with Crippen LogP contribution in [0.5, 0.6) is 0 Å². The number of hydrogen-bond donors (Lipinski definition) is 1. The Balaban J connectivity index is 3.94. The van der Waals surface area contributed by atoms with Crippen LogP contribution in [0.4, 0.5) is 4.39 Å². The summed E-state index contributed by atoms with van der Waals surface area (Å²) in [7, 11) is 1.82. The topological polar surface area (TPSA) is 46.5 Å². The molecule has 0 aliphatic carbocycles. The summed E-state index contributed by atoms with van der Waals surface area (Å²) >= 11 is 0. The molecule has 0 rings (SSSR count). The SMILES string of the molecule is C/C=C\C(C/C=C/OC(F)P)C(=O)O. The number of carboxylic acid groups (broad SMARTS) is 1. The van der Waals surface area contributed by atoms with Gasteiger partial charge in [0, 0.05) is 0 Å². The van der Waals surface area contributed by atoms with Crippen molar-refractivity contribution in [3.8, 4) is 0 Å². The van der Waals surface area contributed by atoms with Gasteiger partial charge in [0.15, 0.2) is 0 Å². The average Bonchev–Trinajstić information content (AvgIpc) is 2.09. The van der Waals surface area contributed by atoms with Crippen molar-refractivity contribution in [3.05, 3.63) is 24.5 Å². The second-order valence-corrected chi connectivity index (χ2v) is 3.09. The molecule has 0 spiro atoms. The van der Waals surface area contributed by atoms with Crippen LogP contribution in [0.3, 0.4) is 0 Å². The monoisotopic (exact) mass is 220 g/mol. The van der Waals surface area contributed by atoms with Gasteiger partial charge in [0.2, 0.25) is 6.10 Å². The van der Waals surface area contributed by atoms with Crippen molar-refractivity contribution in [1.29, 1.82) is 0 Å². The number of halogens is 1. The van der Waals surface area contributed by atoms with Crippen molar-refractivity contribution in [1.82, 2.24) is 0 Å². The normalized spacial score (nSPS) is 15.9. The van der Waals surface area contributed by atoms with Gasteiger partial charge < -0.3 is 9.84 Å². The predicted octanol–water partition coefficient (Wildman–Crippen LogP) is 2.31. The van der Waals surface area contributed by atoms with E-state index in [0.29, 0.717) is 0 Å². The minimum absolute atomic E-state index is 0.289. The summed E-state index contributed by atoms with van der Waals surface area (Å²) in [5.74, 6) is -1.49. The fourth-order valence-corrected chi connectivity index (χ4v) is 0.918. The second-order valence-electron chi connectivity index (χ2n) is 2.57. The fraction of sp³-hybridized carbons (Fsp3) is 0.444. The zero-order chi connectivity index (χ0) is 11.0. The van der Waals surface area contributed by atoms with E-state index in [1.807, 2.05) is 9.24 Å². The molecule has 0 aromatic carbocycles. The number of allylic oxidation sites excluding steroid dienone is 2. The van der Waals surface area contributed by atoms with E-state index in [9.17, 15) is 9.18 Å². The molecule has 0 amide bonds. The Morgan fingerprint density at radius 2 is 2.36 bits per heavy atom. The predicted molar refractivity (Wildman–Crippen MR) is 55.4 cm³/mol. The maximum absolute atomic E-state index is 12.1. The van der Waals surface area contributed by atoms with Gasteiger partial charge in [0.25, 0.3) is 0 Å². The third-order valence-electron chi connectivity index (χ3n) is 1.44. The molecule has 5 heteroatoms. The number of aliphatic carboxylic acids is 1. The summed E-state index contributed by atoms with van der Waals surface area (Å²) in [6.45, 7) is 1.75. The molecule has 0 aromatic heterocycles. The van der Waals surface area contributed by atoms with Gasteiger partial charge in [-0.2, -0.15) is 4.39 Å². The van der Waals surface area contributed by atoms with Crippen molar-refractivity contribution in [2.24, 2.45) is 5.92 Å². The van der Waals surface area contributed by atoms with Crippen molar-refractivity contribution in [2.75, 3.05) is 0 Å². The van der Waals surface area contributed by atoms with E-state index in [-0.39, 0.29) is 6.42 Å². The molecule has 3 unspecified atom stereocenters. The van der Waals surface area contributed by atoms with Gasteiger partial charge in [-0.05, 0) is 19.4 Å². The first-order valence-electron chi connectivity index (χ1n) is 4.13. The summed E-state index contributed by atoms with van der Waals surface area (Å²) in [6, 6.07) is 0. The standard InChI is InChI=1S/C9H14FO3P/c1-2-4-7(8(11)12)5-3-6-13-9(10)14/h2-4,6-7,9H,5,14H2,1H3,(H,11,12)/b4-2-,6-3+. The Bertz CT molecular complexity index is 226. The lowest BCUT2D eigenvalue weighted by atomic mass is 10.1. The van der Waals surface area contributed by atoms with E-state index in [1.54, 1.807) is 19.1 Å². The summed E-state index contributed by atoms with van der Waals surface area (Å²) in [5.41, 5.74) is 0. The van der Waals surface area contributed by atoms with Crippen LogP contribution in [0.1, 0.15) is 13.3 Å². The second kappa shape index (κ2) is 7.51. The molecule has 3 nitrogen and oxygen atoms in total. The maximum atomic E-state index is 12.1. The van der Waals surface area contributed by atoms with Crippen molar-refractivity contribution >= 4 is 15.2 Å². The molecule has 0 saturated heterocycles. The van der Waals surface area contributed by atoms with Crippen LogP contribution in [0.2, 0.25) is 0 Å². The highest BCUT2D eigenvalue weighted by Gasteiger charge is 2.10. The average molecular weight is 220 g/mol. The number of rotatable bonds is 6. The molecule has 0 heterocycles.